The van der Waals surface area contributed by atoms with Crippen molar-refractivity contribution in [3.8, 4) is 5.69 Å². The van der Waals surface area contributed by atoms with Gasteiger partial charge in [-0.1, -0.05) is 31.0 Å². The van der Waals surface area contributed by atoms with Crippen molar-refractivity contribution in [2.75, 3.05) is 0 Å². The lowest BCUT2D eigenvalue weighted by Crippen LogP contribution is -2.16. The van der Waals surface area contributed by atoms with Gasteiger partial charge in [-0.3, -0.25) is 0 Å². The van der Waals surface area contributed by atoms with Crippen molar-refractivity contribution in [1.29, 1.82) is 0 Å². The zero-order chi connectivity index (χ0) is 14.8. The lowest BCUT2D eigenvalue weighted by atomic mass is 10.1. The molecule has 112 valence electrons. The first-order valence-corrected chi connectivity index (χ1v) is 7.82. The van der Waals surface area contributed by atoms with Crippen LogP contribution < -0.4 is 5.32 Å². The highest BCUT2D eigenvalue weighted by Crippen LogP contribution is 2.27. The molecule has 1 aliphatic rings. The Morgan fingerprint density at radius 3 is 2.90 bits per heavy atom. The van der Waals surface area contributed by atoms with Crippen LogP contribution in [0.1, 0.15) is 37.4 Å². The third-order valence-electron chi connectivity index (χ3n) is 3.75. The van der Waals surface area contributed by atoms with E-state index in [1.54, 1.807) is 16.8 Å². The van der Waals surface area contributed by atoms with Crippen molar-refractivity contribution < 1.29 is 4.39 Å². The number of nitrogens with one attached hydrogen (secondary N) is 1. The van der Waals surface area contributed by atoms with Gasteiger partial charge in [-0.2, -0.15) is 5.10 Å². The van der Waals surface area contributed by atoms with Gasteiger partial charge in [0.25, 0.3) is 0 Å². The van der Waals surface area contributed by atoms with E-state index in [1.165, 1.54) is 18.9 Å². The quantitative estimate of drug-likeness (QED) is 0.878. The highest BCUT2D eigenvalue weighted by Gasteiger charge is 2.22. The predicted molar refractivity (Wildman–Crippen MR) is 82.4 cm³/mol. The lowest BCUT2D eigenvalue weighted by Gasteiger charge is -2.11. The number of benzene rings is 1. The Kier molecular flexibility index (Phi) is 4.27. The summed E-state index contributed by atoms with van der Waals surface area (Å²) in [5.74, 6) is -0.343. The van der Waals surface area contributed by atoms with Crippen LogP contribution in [-0.4, -0.2) is 15.8 Å². The van der Waals surface area contributed by atoms with E-state index in [1.807, 2.05) is 6.20 Å². The second-order valence-corrected chi connectivity index (χ2v) is 5.91. The minimum Gasteiger partial charge on any atom is -0.310 e. The van der Waals surface area contributed by atoms with Gasteiger partial charge in [-0.15, -0.1) is 0 Å². The Morgan fingerprint density at radius 1 is 1.43 bits per heavy atom. The van der Waals surface area contributed by atoms with Crippen LogP contribution in [0.15, 0.2) is 24.4 Å². The fraction of sp³-hybridized carbons (Fsp3) is 0.438. The minimum absolute atomic E-state index is 0.343. The van der Waals surface area contributed by atoms with Crippen molar-refractivity contribution in [1.82, 2.24) is 15.1 Å². The topological polar surface area (TPSA) is 29.9 Å². The zero-order valence-electron chi connectivity index (χ0n) is 12.1. The molecule has 21 heavy (non-hydrogen) atoms. The summed E-state index contributed by atoms with van der Waals surface area (Å²) in [6.45, 7) is 2.89. The van der Waals surface area contributed by atoms with Crippen molar-refractivity contribution >= 4 is 11.6 Å². The molecule has 1 aromatic carbocycles. The maximum absolute atomic E-state index is 14.1. The third-order valence-corrected chi connectivity index (χ3v) is 4.06. The molecule has 0 atom stereocenters. The molecule has 1 N–H and O–H groups in total. The van der Waals surface area contributed by atoms with Crippen molar-refractivity contribution in [3.63, 3.8) is 0 Å². The normalized spacial score (nSPS) is 14.6. The molecule has 0 spiro atoms. The first-order valence-electron chi connectivity index (χ1n) is 7.44. The SMILES string of the molecule is CCCc1c(CNC2CC2)cnn1-c1c(F)cccc1Cl. The molecule has 0 saturated heterocycles. The third kappa shape index (κ3) is 3.11. The van der Waals surface area contributed by atoms with Gasteiger partial charge < -0.3 is 5.32 Å². The number of aromatic nitrogens is 2. The first-order chi connectivity index (χ1) is 10.2. The summed E-state index contributed by atoms with van der Waals surface area (Å²) in [5.41, 5.74) is 2.51. The summed E-state index contributed by atoms with van der Waals surface area (Å²) in [7, 11) is 0. The Morgan fingerprint density at radius 2 is 2.24 bits per heavy atom. The van der Waals surface area contributed by atoms with E-state index < -0.39 is 0 Å². The van der Waals surface area contributed by atoms with Crippen LogP contribution in [-0.2, 0) is 13.0 Å². The Balaban J connectivity index is 1.96. The first kappa shape index (κ1) is 14.5. The van der Waals surface area contributed by atoms with Gasteiger partial charge in [0.15, 0.2) is 0 Å². The van der Waals surface area contributed by atoms with Gasteiger partial charge in [-0.05, 0) is 31.4 Å². The highest BCUT2D eigenvalue weighted by atomic mass is 35.5. The number of halogens is 2. The van der Waals surface area contributed by atoms with Crippen molar-refractivity contribution in [2.45, 2.75) is 45.2 Å². The van der Waals surface area contributed by atoms with Crippen LogP contribution in [0.5, 0.6) is 0 Å². The van der Waals surface area contributed by atoms with Gasteiger partial charge in [0.1, 0.15) is 11.5 Å². The molecule has 1 heterocycles. The van der Waals surface area contributed by atoms with Crippen molar-refractivity contribution in [3.05, 3.63) is 46.5 Å². The van der Waals surface area contributed by atoms with Crippen LogP contribution in [0.2, 0.25) is 5.02 Å². The monoisotopic (exact) mass is 307 g/mol. The van der Waals surface area contributed by atoms with E-state index in [4.69, 9.17) is 11.6 Å². The predicted octanol–water partition coefficient (Wildman–Crippen LogP) is 3.87. The molecule has 1 aliphatic carbocycles. The van der Waals surface area contributed by atoms with E-state index in [0.29, 0.717) is 16.8 Å². The van der Waals surface area contributed by atoms with Crippen LogP contribution in [0.4, 0.5) is 4.39 Å². The summed E-state index contributed by atoms with van der Waals surface area (Å²) >= 11 is 6.17. The number of para-hydroxylation sites is 1. The average Bonchev–Trinajstić information content (AvgIpc) is 3.21. The number of nitrogens with zero attached hydrogens (tertiary/aromatic N) is 2. The molecule has 0 unspecified atom stereocenters. The van der Waals surface area contributed by atoms with Crippen LogP contribution >= 0.6 is 11.6 Å². The molecular formula is C16H19ClFN3. The smallest absolute Gasteiger partial charge is 0.150 e. The summed E-state index contributed by atoms with van der Waals surface area (Å²) in [6, 6.07) is 5.36. The molecule has 0 amide bonds. The van der Waals surface area contributed by atoms with E-state index in [9.17, 15) is 4.39 Å². The average molecular weight is 308 g/mol. The molecule has 1 aromatic heterocycles. The molecule has 0 aliphatic heterocycles. The fourth-order valence-electron chi connectivity index (χ4n) is 2.48. The molecular weight excluding hydrogens is 289 g/mol. The zero-order valence-corrected chi connectivity index (χ0v) is 12.8. The van der Waals surface area contributed by atoms with Gasteiger partial charge in [-0.25, -0.2) is 9.07 Å². The molecule has 0 bridgehead atoms. The van der Waals surface area contributed by atoms with Crippen LogP contribution in [0, 0.1) is 5.82 Å². The van der Waals surface area contributed by atoms with Gasteiger partial charge in [0.2, 0.25) is 0 Å². The molecule has 0 radical (unpaired) electrons. The maximum Gasteiger partial charge on any atom is 0.150 e. The van der Waals surface area contributed by atoms with Gasteiger partial charge in [0, 0.05) is 23.8 Å². The van der Waals surface area contributed by atoms with Crippen LogP contribution in [0.25, 0.3) is 5.69 Å². The number of hydrogen-bond donors (Lipinski definition) is 1. The molecule has 1 fully saturated rings. The van der Waals surface area contributed by atoms with E-state index in [0.717, 1.165) is 30.6 Å². The molecule has 2 aromatic rings. The van der Waals surface area contributed by atoms with Gasteiger partial charge in [0.05, 0.1) is 11.2 Å². The highest BCUT2D eigenvalue weighted by molar-refractivity contribution is 6.32. The Hall–Kier alpha value is -1.39. The summed E-state index contributed by atoms with van der Waals surface area (Å²) in [5, 5.41) is 8.25. The van der Waals surface area contributed by atoms with Crippen LogP contribution in [0.3, 0.4) is 0 Å². The molecule has 3 rings (SSSR count). The Labute approximate surface area is 129 Å². The summed E-state index contributed by atoms with van der Waals surface area (Å²) in [4.78, 5) is 0. The molecule has 5 heteroatoms. The van der Waals surface area contributed by atoms with E-state index in [-0.39, 0.29) is 5.82 Å². The fourth-order valence-corrected chi connectivity index (χ4v) is 2.73. The number of hydrogen-bond acceptors (Lipinski definition) is 2. The lowest BCUT2D eigenvalue weighted by molar-refractivity contribution is 0.604. The molecule has 1 saturated carbocycles. The summed E-state index contributed by atoms with van der Waals surface area (Å²) in [6.07, 6.45) is 6.15. The standard InChI is InChI=1S/C16H19ClFN3/c1-2-4-15-11(9-19-12-7-8-12)10-20-21(15)16-13(17)5-3-6-14(16)18/h3,5-6,10,12,19H,2,4,7-9H2,1H3. The largest absolute Gasteiger partial charge is 0.310 e. The summed E-state index contributed by atoms with van der Waals surface area (Å²) < 4.78 is 15.8. The molecule has 3 nitrogen and oxygen atoms in total. The number of rotatable bonds is 6. The minimum atomic E-state index is -0.343. The second kappa shape index (κ2) is 6.16. The van der Waals surface area contributed by atoms with E-state index >= 15 is 0 Å². The Bertz CT molecular complexity index is 614. The van der Waals surface area contributed by atoms with E-state index in [2.05, 4.69) is 17.3 Å². The van der Waals surface area contributed by atoms with Gasteiger partial charge >= 0.3 is 0 Å². The second-order valence-electron chi connectivity index (χ2n) is 5.50. The van der Waals surface area contributed by atoms with Crippen molar-refractivity contribution in [2.24, 2.45) is 0 Å². The maximum atomic E-state index is 14.1.